The van der Waals surface area contributed by atoms with Crippen LogP contribution in [0.2, 0.25) is 0 Å². The third kappa shape index (κ3) is 5.43. The van der Waals surface area contributed by atoms with E-state index in [0.29, 0.717) is 10.0 Å². The Kier molecular flexibility index (Phi) is 7.20. The zero-order valence-corrected chi connectivity index (χ0v) is 20.8. The van der Waals surface area contributed by atoms with Crippen LogP contribution in [0.5, 0.6) is 17.4 Å². The van der Waals surface area contributed by atoms with E-state index in [1.165, 1.54) is 44.6 Å². The number of halogens is 1. The minimum Gasteiger partial charge on any atom is -0.493 e. The summed E-state index contributed by atoms with van der Waals surface area (Å²) in [4.78, 5) is 51.9. The van der Waals surface area contributed by atoms with Gasteiger partial charge in [-0.25, -0.2) is 14.6 Å². The Labute approximate surface area is 216 Å². The van der Waals surface area contributed by atoms with Crippen molar-refractivity contribution in [3.63, 3.8) is 0 Å². The lowest BCUT2D eigenvalue weighted by Crippen LogP contribution is -2.30. The van der Waals surface area contributed by atoms with Gasteiger partial charge in [0, 0.05) is 12.1 Å². The molecule has 1 saturated heterocycles. The number of methoxy groups -OCH3 is 2. The number of nitrogens with zero attached hydrogens (tertiary/aromatic N) is 3. The number of carbonyl (C=O) groups excluding carboxylic acids is 3. The van der Waals surface area contributed by atoms with Gasteiger partial charge in [-0.05, 0) is 51.8 Å². The number of aromatic nitrogens is 1. The molecule has 0 radical (unpaired) electrons. The van der Waals surface area contributed by atoms with Gasteiger partial charge in [-0.15, -0.1) is 0 Å². The van der Waals surface area contributed by atoms with Crippen LogP contribution in [0.3, 0.4) is 0 Å². The van der Waals surface area contributed by atoms with Gasteiger partial charge in [-0.2, -0.15) is 0 Å². The Morgan fingerprint density at radius 2 is 2.03 bits per heavy atom. The summed E-state index contributed by atoms with van der Waals surface area (Å²) >= 11 is 3.38. The molecule has 1 aromatic carbocycles. The molecule has 0 unspecified atom stereocenters. The predicted octanol–water partition coefficient (Wildman–Crippen LogP) is 4.03. The summed E-state index contributed by atoms with van der Waals surface area (Å²) in [5, 5.41) is 13.3. The van der Waals surface area contributed by atoms with Crippen molar-refractivity contribution in [3.8, 4) is 17.4 Å². The topological polar surface area (TPSA) is 163 Å². The third-order valence-electron chi connectivity index (χ3n) is 5.03. The summed E-state index contributed by atoms with van der Waals surface area (Å²) in [5.41, 5.74) is 0.308. The lowest BCUT2D eigenvalue weighted by atomic mass is 10.1. The molecule has 1 fully saturated rings. The van der Waals surface area contributed by atoms with E-state index in [1.54, 1.807) is 12.1 Å². The van der Waals surface area contributed by atoms with Crippen LogP contribution < -0.4 is 14.8 Å². The van der Waals surface area contributed by atoms with Crippen LogP contribution in [-0.4, -0.2) is 46.9 Å². The molecular weight excluding hydrogens is 556 g/mol. The van der Waals surface area contributed by atoms with Crippen LogP contribution in [0.4, 0.5) is 10.5 Å². The number of esters is 1. The highest BCUT2D eigenvalue weighted by Gasteiger charge is 2.34. The van der Waals surface area contributed by atoms with Crippen LogP contribution in [0, 0.1) is 10.1 Å². The van der Waals surface area contributed by atoms with Crippen molar-refractivity contribution in [1.29, 1.82) is 0 Å². The zero-order chi connectivity index (χ0) is 26.7. The first-order valence-corrected chi connectivity index (χ1v) is 11.2. The highest BCUT2D eigenvalue weighted by Crippen LogP contribution is 2.40. The van der Waals surface area contributed by atoms with E-state index in [1.807, 2.05) is 0 Å². The molecule has 1 N–H and O–H groups in total. The first-order valence-electron chi connectivity index (χ1n) is 10.4. The minimum atomic E-state index is -0.680. The molecule has 2 aromatic heterocycles. The number of carbonyl (C=O) groups is 3. The van der Waals surface area contributed by atoms with Gasteiger partial charge < -0.3 is 23.9 Å². The summed E-state index contributed by atoms with van der Waals surface area (Å²) in [5.74, 6) is -0.515. The van der Waals surface area contributed by atoms with Crippen molar-refractivity contribution in [2.24, 2.45) is 0 Å². The smallest absolute Gasteiger partial charge is 0.373 e. The molecule has 190 valence electrons. The molecular formula is C23H17BrN4O9. The van der Waals surface area contributed by atoms with E-state index in [2.05, 4.69) is 31.0 Å². The molecule has 3 aromatic rings. The first-order chi connectivity index (χ1) is 17.7. The molecule has 0 spiro atoms. The second-order valence-electron chi connectivity index (χ2n) is 7.38. The summed E-state index contributed by atoms with van der Waals surface area (Å²) in [6, 6.07) is 7.96. The number of pyridine rings is 1. The number of benzene rings is 1. The number of furan rings is 1. The summed E-state index contributed by atoms with van der Waals surface area (Å²) in [6.45, 7) is -0.193. The first kappa shape index (κ1) is 25.4. The van der Waals surface area contributed by atoms with Gasteiger partial charge >= 0.3 is 12.0 Å². The summed E-state index contributed by atoms with van der Waals surface area (Å²) in [7, 11) is 2.61. The Balaban J connectivity index is 1.54. The standard InChI is InChI=1S/C23H17BrN4O9/c1-34-18-9-12(7-15(24)20(18)37-19-6-3-13(10-25-19)28(32)33)8-16-21(29)27(23(31)26-16)11-14-4-5-17(36-14)22(30)35-2/h3-10H,11H2,1-2H3,(H,26,31)/b16-8-. The van der Waals surface area contributed by atoms with Gasteiger partial charge in [0.15, 0.2) is 11.5 Å². The van der Waals surface area contributed by atoms with Crippen LogP contribution in [0.25, 0.3) is 6.08 Å². The fourth-order valence-electron chi connectivity index (χ4n) is 3.28. The lowest BCUT2D eigenvalue weighted by molar-refractivity contribution is -0.385. The van der Waals surface area contributed by atoms with Gasteiger partial charge in [0.25, 0.3) is 11.6 Å². The maximum Gasteiger partial charge on any atom is 0.373 e. The number of nitro groups is 1. The average molecular weight is 573 g/mol. The number of ether oxygens (including phenoxy) is 3. The molecule has 13 nitrogen and oxygen atoms in total. The molecule has 1 aliphatic rings. The van der Waals surface area contributed by atoms with Crippen molar-refractivity contribution in [2.75, 3.05) is 14.2 Å². The van der Waals surface area contributed by atoms with Crippen molar-refractivity contribution in [2.45, 2.75) is 6.54 Å². The number of nitrogens with one attached hydrogen (secondary N) is 1. The number of rotatable bonds is 8. The monoisotopic (exact) mass is 572 g/mol. The maximum atomic E-state index is 12.9. The molecule has 3 heterocycles. The van der Waals surface area contributed by atoms with Crippen LogP contribution in [0.15, 0.2) is 57.2 Å². The molecule has 1 aliphatic heterocycles. The van der Waals surface area contributed by atoms with Gasteiger partial charge in [-0.1, -0.05) is 0 Å². The normalized spacial score (nSPS) is 14.0. The second-order valence-corrected chi connectivity index (χ2v) is 8.24. The molecule has 4 rings (SSSR count). The fraction of sp³-hybridized carbons (Fsp3) is 0.130. The number of hydrogen-bond donors (Lipinski definition) is 1. The summed E-state index contributed by atoms with van der Waals surface area (Å²) < 4.78 is 21.5. The molecule has 37 heavy (non-hydrogen) atoms. The van der Waals surface area contributed by atoms with Gasteiger partial charge in [-0.3, -0.25) is 19.8 Å². The Bertz CT molecular complexity index is 1430. The Morgan fingerprint density at radius 3 is 2.68 bits per heavy atom. The van der Waals surface area contributed by atoms with Crippen molar-refractivity contribution < 1.29 is 37.9 Å². The van der Waals surface area contributed by atoms with Gasteiger partial charge in [0.05, 0.1) is 30.2 Å². The van der Waals surface area contributed by atoms with Crippen molar-refractivity contribution in [3.05, 3.63) is 80.0 Å². The van der Waals surface area contributed by atoms with E-state index in [9.17, 15) is 24.5 Å². The van der Waals surface area contributed by atoms with Gasteiger partial charge in [0.2, 0.25) is 11.6 Å². The number of amides is 3. The quantitative estimate of drug-likeness (QED) is 0.137. The van der Waals surface area contributed by atoms with Crippen molar-refractivity contribution >= 4 is 45.6 Å². The lowest BCUT2D eigenvalue weighted by Gasteiger charge is -2.13. The molecule has 14 heteroatoms. The number of urea groups is 1. The predicted molar refractivity (Wildman–Crippen MR) is 129 cm³/mol. The molecule has 0 saturated carbocycles. The minimum absolute atomic E-state index is 0.00408. The highest BCUT2D eigenvalue weighted by molar-refractivity contribution is 9.10. The van der Waals surface area contributed by atoms with E-state index < -0.39 is 22.8 Å². The average Bonchev–Trinajstić information content (AvgIpc) is 3.45. The third-order valence-corrected chi connectivity index (χ3v) is 5.61. The van der Waals surface area contributed by atoms with E-state index >= 15 is 0 Å². The summed E-state index contributed by atoms with van der Waals surface area (Å²) in [6.07, 6.45) is 2.51. The number of imide groups is 1. The Hall–Kier alpha value is -4.72. The molecule has 0 bridgehead atoms. The maximum absolute atomic E-state index is 12.9. The molecule has 0 atom stereocenters. The Morgan fingerprint density at radius 1 is 1.24 bits per heavy atom. The van der Waals surface area contributed by atoms with E-state index in [-0.39, 0.29) is 46.8 Å². The second kappa shape index (κ2) is 10.5. The number of hydrogen-bond acceptors (Lipinski definition) is 10. The van der Waals surface area contributed by atoms with Crippen molar-refractivity contribution in [1.82, 2.24) is 15.2 Å². The highest BCUT2D eigenvalue weighted by atomic mass is 79.9. The fourth-order valence-corrected chi connectivity index (χ4v) is 3.82. The van der Waals surface area contributed by atoms with E-state index in [0.717, 1.165) is 11.1 Å². The van der Waals surface area contributed by atoms with Gasteiger partial charge in [0.1, 0.15) is 17.7 Å². The van der Waals surface area contributed by atoms with Crippen LogP contribution >= 0.6 is 15.9 Å². The van der Waals surface area contributed by atoms with Crippen LogP contribution in [-0.2, 0) is 16.1 Å². The van der Waals surface area contributed by atoms with E-state index in [4.69, 9.17) is 13.9 Å². The molecule has 3 amide bonds. The zero-order valence-electron chi connectivity index (χ0n) is 19.2. The SMILES string of the molecule is COC(=O)c1ccc(CN2C(=O)N/C(=C\c3cc(Br)c(Oc4ccc([N+](=O)[O-])cn4)c(OC)c3)C2=O)o1. The van der Waals surface area contributed by atoms with Crippen LogP contribution in [0.1, 0.15) is 21.9 Å². The largest absolute Gasteiger partial charge is 0.493 e. The molecule has 0 aliphatic carbocycles.